The Kier molecular flexibility index (Phi) is 5.82. The van der Waals surface area contributed by atoms with E-state index >= 15 is 0 Å². The van der Waals surface area contributed by atoms with Gasteiger partial charge in [0.15, 0.2) is 0 Å². The fraction of sp³-hybridized carbons (Fsp3) is 0.833. The van der Waals surface area contributed by atoms with Crippen LogP contribution >= 0.6 is 11.8 Å². The predicted molar refractivity (Wildman–Crippen MR) is 70.6 cm³/mol. The van der Waals surface area contributed by atoms with Crippen LogP contribution in [0.3, 0.4) is 0 Å². The van der Waals surface area contributed by atoms with Crippen molar-refractivity contribution in [2.75, 3.05) is 12.0 Å². The van der Waals surface area contributed by atoms with Crippen molar-refractivity contribution >= 4 is 23.6 Å². The molecule has 5 heteroatoms. The summed E-state index contributed by atoms with van der Waals surface area (Å²) in [6.07, 6.45) is 5.74. The molecule has 0 spiro atoms. The van der Waals surface area contributed by atoms with Crippen LogP contribution in [0.25, 0.3) is 0 Å². The van der Waals surface area contributed by atoms with Gasteiger partial charge in [-0.3, -0.25) is 9.59 Å². The Bertz CT molecular complexity index is 284. The minimum Gasteiger partial charge on any atom is -0.369 e. The van der Waals surface area contributed by atoms with Gasteiger partial charge in [0.25, 0.3) is 0 Å². The second-order valence-electron chi connectivity index (χ2n) is 4.76. The van der Waals surface area contributed by atoms with Crippen molar-refractivity contribution in [3.05, 3.63) is 0 Å². The molecule has 0 aromatic rings. The van der Waals surface area contributed by atoms with Crippen LogP contribution in [0.4, 0.5) is 0 Å². The zero-order valence-corrected chi connectivity index (χ0v) is 11.4. The molecule has 98 valence electrons. The average Bonchev–Trinajstić information content (AvgIpc) is 2.29. The molecule has 3 N–H and O–H groups in total. The first-order valence-corrected chi connectivity index (χ1v) is 7.54. The molecule has 17 heavy (non-hydrogen) atoms. The molecule has 0 aliphatic heterocycles. The molecule has 0 radical (unpaired) electrons. The second kappa shape index (κ2) is 6.89. The highest BCUT2D eigenvalue weighted by molar-refractivity contribution is 7.98. The molecule has 0 bridgehead atoms. The Morgan fingerprint density at radius 1 is 1.41 bits per heavy atom. The topological polar surface area (TPSA) is 72.2 Å². The summed E-state index contributed by atoms with van der Waals surface area (Å²) in [7, 11) is 0. The number of carbonyl (C=O) groups excluding carboxylic acids is 2. The zero-order chi connectivity index (χ0) is 12.8. The molecule has 1 aliphatic carbocycles. The standard InChI is InChI=1S/C12H22N2O2S/c1-8(7-17-2)12(16)14-10-6-4-3-5-9(10)11(13)15/h8-10H,3-7H2,1-2H3,(H2,13,15)(H,14,16)/t8-,9-,10+/m0/s1. The Hall–Kier alpha value is -0.710. The summed E-state index contributed by atoms with van der Waals surface area (Å²) in [5.41, 5.74) is 5.37. The van der Waals surface area contributed by atoms with Crippen LogP contribution in [0.1, 0.15) is 32.6 Å². The van der Waals surface area contributed by atoms with Gasteiger partial charge < -0.3 is 11.1 Å². The third-order valence-electron chi connectivity index (χ3n) is 3.32. The van der Waals surface area contributed by atoms with E-state index in [1.807, 2.05) is 13.2 Å². The average molecular weight is 258 g/mol. The van der Waals surface area contributed by atoms with Crippen molar-refractivity contribution in [1.29, 1.82) is 0 Å². The third-order valence-corrected chi connectivity index (χ3v) is 4.16. The minimum absolute atomic E-state index is 0.0135. The first-order valence-electron chi connectivity index (χ1n) is 6.15. The highest BCUT2D eigenvalue weighted by Crippen LogP contribution is 2.24. The van der Waals surface area contributed by atoms with Crippen molar-refractivity contribution in [3.8, 4) is 0 Å². The molecule has 0 aromatic heterocycles. The number of rotatable bonds is 5. The van der Waals surface area contributed by atoms with Crippen molar-refractivity contribution in [3.63, 3.8) is 0 Å². The monoisotopic (exact) mass is 258 g/mol. The van der Waals surface area contributed by atoms with E-state index in [9.17, 15) is 9.59 Å². The normalized spacial score (nSPS) is 26.2. The number of hydrogen-bond acceptors (Lipinski definition) is 3. The highest BCUT2D eigenvalue weighted by Gasteiger charge is 2.31. The molecule has 2 amide bonds. The number of amides is 2. The van der Waals surface area contributed by atoms with Crippen LogP contribution < -0.4 is 11.1 Å². The molecule has 0 heterocycles. The molecule has 0 unspecified atom stereocenters. The maximum absolute atomic E-state index is 11.9. The quantitative estimate of drug-likeness (QED) is 0.777. The van der Waals surface area contributed by atoms with Crippen LogP contribution in [0.15, 0.2) is 0 Å². The summed E-state index contributed by atoms with van der Waals surface area (Å²) >= 11 is 1.65. The molecule has 1 fully saturated rings. The predicted octanol–water partition coefficient (Wildman–Crippen LogP) is 1.15. The van der Waals surface area contributed by atoms with Crippen LogP contribution in [-0.4, -0.2) is 29.9 Å². The van der Waals surface area contributed by atoms with E-state index in [4.69, 9.17) is 5.73 Å². The van der Waals surface area contributed by atoms with E-state index < -0.39 is 0 Å². The molecular weight excluding hydrogens is 236 g/mol. The lowest BCUT2D eigenvalue weighted by Gasteiger charge is -2.30. The molecule has 3 atom stereocenters. The molecule has 0 saturated heterocycles. The SMILES string of the molecule is CSC[C@H](C)C(=O)N[C@@H]1CCCC[C@@H]1C(N)=O. The Labute approximate surface area is 107 Å². The number of hydrogen-bond donors (Lipinski definition) is 2. The van der Waals surface area contributed by atoms with E-state index in [0.717, 1.165) is 31.4 Å². The largest absolute Gasteiger partial charge is 0.369 e. The number of thioether (sulfide) groups is 1. The van der Waals surface area contributed by atoms with Gasteiger partial charge >= 0.3 is 0 Å². The summed E-state index contributed by atoms with van der Waals surface area (Å²) < 4.78 is 0. The minimum atomic E-state index is -0.285. The van der Waals surface area contributed by atoms with Gasteiger partial charge in [0.05, 0.1) is 5.92 Å². The molecule has 1 rings (SSSR count). The highest BCUT2D eigenvalue weighted by atomic mass is 32.2. The van der Waals surface area contributed by atoms with Crippen LogP contribution in [0, 0.1) is 11.8 Å². The van der Waals surface area contributed by atoms with Crippen molar-refractivity contribution < 1.29 is 9.59 Å². The van der Waals surface area contributed by atoms with Crippen molar-refractivity contribution in [2.45, 2.75) is 38.6 Å². The molecule has 1 aliphatic rings. The molecular formula is C12H22N2O2S. The summed E-state index contributed by atoms with van der Waals surface area (Å²) in [4.78, 5) is 23.2. The van der Waals surface area contributed by atoms with Crippen molar-refractivity contribution in [1.82, 2.24) is 5.32 Å². The number of carbonyl (C=O) groups is 2. The van der Waals surface area contributed by atoms with Crippen molar-refractivity contribution in [2.24, 2.45) is 17.6 Å². The first-order chi connectivity index (χ1) is 8.06. The maximum atomic E-state index is 11.9. The zero-order valence-electron chi connectivity index (χ0n) is 10.6. The summed E-state index contributed by atoms with van der Waals surface area (Å²) in [6, 6.07) is -0.0574. The molecule has 4 nitrogen and oxygen atoms in total. The van der Waals surface area contributed by atoms with Gasteiger partial charge in [-0.15, -0.1) is 0 Å². The maximum Gasteiger partial charge on any atom is 0.223 e. The van der Waals surface area contributed by atoms with Gasteiger partial charge in [-0.2, -0.15) is 11.8 Å². The Morgan fingerprint density at radius 2 is 2.06 bits per heavy atom. The second-order valence-corrected chi connectivity index (χ2v) is 5.68. The molecule has 0 aromatic carbocycles. The summed E-state index contributed by atoms with van der Waals surface area (Å²) in [5.74, 6) is 0.361. The van der Waals surface area contributed by atoms with Gasteiger partial charge in [-0.1, -0.05) is 19.8 Å². The summed E-state index contributed by atoms with van der Waals surface area (Å²) in [6.45, 7) is 1.91. The lowest BCUT2D eigenvalue weighted by molar-refractivity contribution is -0.127. The van der Waals surface area contributed by atoms with Gasteiger partial charge in [-0.25, -0.2) is 0 Å². The van der Waals surface area contributed by atoms with Crippen LogP contribution in [-0.2, 0) is 9.59 Å². The fourth-order valence-corrected chi connectivity index (χ4v) is 2.95. The number of primary amides is 1. The van der Waals surface area contributed by atoms with E-state index in [1.165, 1.54) is 0 Å². The summed E-state index contributed by atoms with van der Waals surface area (Å²) in [5, 5.41) is 2.98. The van der Waals surface area contributed by atoms with Gasteiger partial charge in [0, 0.05) is 17.7 Å². The van der Waals surface area contributed by atoms with E-state index in [1.54, 1.807) is 11.8 Å². The Balaban J connectivity index is 2.52. The lowest BCUT2D eigenvalue weighted by Crippen LogP contribution is -2.48. The van der Waals surface area contributed by atoms with E-state index in [-0.39, 0.29) is 29.7 Å². The fourth-order valence-electron chi connectivity index (χ4n) is 2.29. The smallest absolute Gasteiger partial charge is 0.223 e. The molecule has 1 saturated carbocycles. The van der Waals surface area contributed by atoms with Crippen LogP contribution in [0.2, 0.25) is 0 Å². The Morgan fingerprint density at radius 3 is 2.65 bits per heavy atom. The third kappa shape index (κ3) is 4.22. The van der Waals surface area contributed by atoms with Gasteiger partial charge in [0.1, 0.15) is 0 Å². The number of nitrogens with one attached hydrogen (secondary N) is 1. The van der Waals surface area contributed by atoms with Crippen LogP contribution in [0.5, 0.6) is 0 Å². The number of nitrogens with two attached hydrogens (primary N) is 1. The van der Waals surface area contributed by atoms with E-state index in [0.29, 0.717) is 0 Å². The first kappa shape index (κ1) is 14.4. The lowest BCUT2D eigenvalue weighted by atomic mass is 9.84. The van der Waals surface area contributed by atoms with E-state index in [2.05, 4.69) is 5.32 Å². The van der Waals surface area contributed by atoms with Gasteiger partial charge in [0.2, 0.25) is 11.8 Å². The van der Waals surface area contributed by atoms with Gasteiger partial charge in [-0.05, 0) is 19.1 Å².